The lowest BCUT2D eigenvalue weighted by Crippen LogP contribution is -2.66. The van der Waals surface area contributed by atoms with Gasteiger partial charge in [-0.3, -0.25) is 63.5 Å². The average molecular weight is 2040 g/mol. The number of phenols is 1. The van der Waals surface area contributed by atoms with E-state index in [1.165, 1.54) is 84.8 Å². The Hall–Kier alpha value is -14.1. The molecule has 4 saturated carbocycles. The maximum atomic E-state index is 16.7. The van der Waals surface area contributed by atoms with E-state index in [0.29, 0.717) is 11.8 Å². The van der Waals surface area contributed by atoms with E-state index in [0.717, 1.165) is 111 Å². The van der Waals surface area contributed by atoms with E-state index in [9.17, 15) is 80.6 Å². The molecule has 0 spiro atoms. The minimum atomic E-state index is -3.04. The van der Waals surface area contributed by atoms with Gasteiger partial charge in [0.25, 0.3) is 11.4 Å². The third-order valence-corrected chi connectivity index (χ3v) is 28.3. The van der Waals surface area contributed by atoms with Crippen molar-refractivity contribution in [2.24, 2.45) is 35.3 Å². The molecule has 12 aliphatic rings. The van der Waals surface area contributed by atoms with Gasteiger partial charge in [0.2, 0.25) is 65.1 Å². The predicted molar refractivity (Wildman–Crippen MR) is 498 cm³/mol. The number of rotatable bonds is 25. The number of nitro benzene ring substituents is 2. The highest BCUT2D eigenvalue weighted by Crippen LogP contribution is 2.56. The number of aliphatic hydroxyl groups excluding tert-OH is 6. The molecule has 7 heterocycles. The summed E-state index contributed by atoms with van der Waals surface area (Å²) in [5.41, 5.74) is 0.0558. The number of amides is 10. The van der Waals surface area contributed by atoms with Crippen molar-refractivity contribution >= 4 is 82.4 Å². The van der Waals surface area contributed by atoms with Crippen LogP contribution in [0.1, 0.15) is 159 Å². The van der Waals surface area contributed by atoms with Crippen LogP contribution in [0.3, 0.4) is 0 Å². The van der Waals surface area contributed by atoms with E-state index in [-0.39, 0.29) is 97.1 Å². The Bertz CT molecular complexity index is 6240. The number of fused-ring (bicyclic) bond motifs is 12. The first kappa shape index (κ1) is 104. The second kappa shape index (κ2) is 41.9. The van der Waals surface area contributed by atoms with Crippen LogP contribution in [0.5, 0.6) is 57.5 Å². The van der Waals surface area contributed by atoms with Gasteiger partial charge in [0.1, 0.15) is 109 Å². The van der Waals surface area contributed by atoms with Crippen LogP contribution in [0.25, 0.3) is 11.1 Å². The number of benzene rings is 7. The van der Waals surface area contributed by atoms with Crippen molar-refractivity contribution in [2.75, 3.05) is 42.1 Å². The van der Waals surface area contributed by atoms with Gasteiger partial charge in [-0.15, -0.1) is 0 Å². The standard InChI is InChI=1S/C97H109ClN12O35/c1-39(2)18-61(108(5)95(127)139-38-50-29-64(135-7)66(137-9)34-60(50)110(132)133)87(120)105-78-80(115)45-13-17-62(57(98)25-45)142-68-27-48-26-67(83(68)145-93-84(82(117)81(116)69(36-111)143-93)144-71-35-96(4,85(118)40(3)140-71)107-94(126)138-37-49-28-63(134-6)65(136-8)33-59(49)109(130)131)141-52-14-10-43(11-15-52)79(114)77-92(125)104-76(90(123)101-73-46-20-41-19-42(22-46)23-47(73)21-41)54-30-51(112)31-56-72(54)53-24-44(12-16-55(53)97(56,128)129)74(88(121)106-77)103-89(122)75(48)102-86(119)58(32-70(99)113)100-91(78)124/h10-17,24-31,33-34,39-42,46-47,58,61,69,71,73-82,84-85,93,111-112,114-118,128-129H,18-23,32,35-38H2,1-9H3,(H2,99,113)(H,100,124)(H,101,123)(H,102,119)(H,103,122)(H,104,125)(H,105,120)(H,106,121)(H,107,126)/t40-,41?,42?,46?,47?,58-,61+,69+,71+,73?,74+,75+,76-,77-,78+,79+,80+,81+,82-,84+,85+,93-,96-/m0/s1. The Labute approximate surface area is 830 Å². The number of likely N-dealkylation sites (N-methyl/N-ethyl adjacent to an activating group) is 1. The molecule has 7 aromatic rings. The van der Waals surface area contributed by atoms with E-state index in [4.69, 9.17) is 74.2 Å². The maximum absolute atomic E-state index is 16.7. The molecule has 5 aliphatic carbocycles. The van der Waals surface area contributed by atoms with Crippen molar-refractivity contribution in [3.8, 4) is 68.6 Å². The lowest BCUT2D eigenvalue weighted by atomic mass is 9.54. The summed E-state index contributed by atoms with van der Waals surface area (Å²) in [6.45, 7) is 3.37. The molecule has 18 atom stereocenters. The van der Waals surface area contributed by atoms with Gasteiger partial charge in [0, 0.05) is 30.6 Å². The number of aromatic hydroxyl groups is 1. The largest absolute Gasteiger partial charge is 0.508 e. The number of hydrogen-bond acceptors (Lipinski definition) is 35. The molecule has 0 aromatic heterocycles. The highest BCUT2D eigenvalue weighted by molar-refractivity contribution is 6.32. The number of alkyl carbamates (subject to hydrolysis) is 1. The monoisotopic (exact) mass is 2040 g/mol. The quantitative estimate of drug-likeness (QED) is 0.0216. The summed E-state index contributed by atoms with van der Waals surface area (Å²) in [5, 5.41) is 155. The van der Waals surface area contributed by atoms with Gasteiger partial charge >= 0.3 is 12.2 Å². The molecular formula is C97H109ClN12O35. The molecule has 774 valence electrons. The van der Waals surface area contributed by atoms with Crippen LogP contribution in [0.4, 0.5) is 21.0 Å². The Balaban J connectivity index is 0.825. The van der Waals surface area contributed by atoms with Crippen LogP contribution in [0, 0.1) is 49.8 Å². The maximum Gasteiger partial charge on any atom is 0.410 e. The number of carbonyl (C=O) groups is 10. The summed E-state index contributed by atoms with van der Waals surface area (Å²) in [5.74, 6) is -16.6. The van der Waals surface area contributed by atoms with Gasteiger partial charge in [-0.05, 0) is 188 Å². The highest BCUT2D eigenvalue weighted by Gasteiger charge is 2.56. The number of hydrogen-bond donors (Lipinski definition) is 18. The van der Waals surface area contributed by atoms with Crippen LogP contribution < -0.4 is 81.4 Å². The molecule has 15 bridgehead atoms. The van der Waals surface area contributed by atoms with Crippen molar-refractivity contribution in [2.45, 2.75) is 213 Å². The first-order chi connectivity index (χ1) is 68.9. The topological polar surface area (TPSA) is 675 Å². The second-order valence-corrected chi connectivity index (χ2v) is 38.5. The normalized spacial score (nSPS) is 28.1. The van der Waals surface area contributed by atoms with E-state index in [2.05, 4.69) is 42.5 Å². The van der Waals surface area contributed by atoms with Crippen molar-refractivity contribution in [1.82, 2.24) is 47.4 Å². The SMILES string of the molecule is COc1cc(COC(=O)N[C@@]2(C)C[C@@H](O[C@H]3[C@H](Oc4c5cc6cc4Oc4ccc(cc4Cl)[C@@H](O)[C@@H](NC(=O)[C@@H](CC(C)C)N(C)C(=O)OCc4cc(OC)c(OC)cc4[N+](=O)[O-])C(=O)N[C@@H](CC(N)=O)C(=O)N[C@H]6C(=O)N[C@H]4C(=O)N[C@H](C(=O)N[C@H](C(=O)NC6C7CC8CC(C7)CC6C8)c6cc(O)cc7c6-c6cc4ccc6C7(O)O)[C@H](O)c4ccc(cc4)O5)O[C@H](CO)[C@@H](O)[C@@H]3O)O[C@@H](C)[C@H]2O)c([N+](=O)[O-])cc1OC. The lowest BCUT2D eigenvalue weighted by Gasteiger charge is -2.54. The Morgan fingerprint density at radius 2 is 1.23 bits per heavy atom. The van der Waals surface area contributed by atoms with Gasteiger partial charge < -0.3 is 151 Å². The summed E-state index contributed by atoms with van der Waals surface area (Å²) in [7, 11) is 6.12. The summed E-state index contributed by atoms with van der Waals surface area (Å²) in [4.78, 5) is 177. The minimum Gasteiger partial charge on any atom is -0.508 e. The summed E-state index contributed by atoms with van der Waals surface area (Å²) < 4.78 is 71.7. The lowest BCUT2D eigenvalue weighted by molar-refractivity contribution is -0.386. The number of carbonyl (C=O) groups excluding carboxylic acids is 10. The zero-order valence-electron chi connectivity index (χ0n) is 79.4. The Morgan fingerprint density at radius 1 is 0.641 bits per heavy atom. The second-order valence-electron chi connectivity index (χ2n) is 38.1. The van der Waals surface area contributed by atoms with Gasteiger partial charge in [-0.2, -0.15) is 0 Å². The molecule has 7 aromatic carbocycles. The molecule has 2 saturated heterocycles. The van der Waals surface area contributed by atoms with Crippen LogP contribution in [0.15, 0.2) is 109 Å². The molecule has 19 N–H and O–H groups in total. The number of nitrogens with one attached hydrogen (secondary N) is 8. The fraction of sp³-hybridized carbons (Fsp3) is 0.464. The molecule has 6 fully saturated rings. The van der Waals surface area contributed by atoms with Crippen molar-refractivity contribution < 1.29 is 161 Å². The van der Waals surface area contributed by atoms with Gasteiger partial charge in [-0.25, -0.2) is 9.59 Å². The number of nitro groups is 2. The molecule has 48 heteroatoms. The number of phenolic OH excluding ortho intramolecular Hbond substituents is 1. The molecule has 10 amide bonds. The van der Waals surface area contributed by atoms with Crippen LogP contribution in [0.2, 0.25) is 5.02 Å². The fourth-order valence-corrected chi connectivity index (χ4v) is 21.2. The third-order valence-electron chi connectivity index (χ3n) is 28.1. The summed E-state index contributed by atoms with van der Waals surface area (Å²) in [6.07, 6.45) is -19.9. The molecule has 19 rings (SSSR count). The minimum absolute atomic E-state index is 0.0133. The van der Waals surface area contributed by atoms with Gasteiger partial charge in [0.05, 0.1) is 91.2 Å². The van der Waals surface area contributed by atoms with Crippen LogP contribution in [-0.2, 0) is 81.0 Å². The number of ether oxygens (including phenoxy) is 12. The molecule has 0 radical (unpaired) electrons. The third kappa shape index (κ3) is 21.0. The highest BCUT2D eigenvalue weighted by atomic mass is 35.5. The smallest absolute Gasteiger partial charge is 0.410 e. The van der Waals surface area contributed by atoms with E-state index in [1.54, 1.807) is 13.8 Å². The summed E-state index contributed by atoms with van der Waals surface area (Å²) in [6, 6.07) is 4.75. The van der Waals surface area contributed by atoms with E-state index >= 15 is 33.6 Å². The van der Waals surface area contributed by atoms with Gasteiger partial charge in [-0.1, -0.05) is 55.8 Å². The number of nitrogens with zero attached hydrogens (tertiary/aromatic N) is 3. The number of aliphatic hydroxyl groups is 8. The number of methoxy groups -OCH3 is 4. The molecule has 0 unspecified atom stereocenters. The Kier molecular flexibility index (Phi) is 30.0. The fourth-order valence-electron chi connectivity index (χ4n) is 21.0. The number of primary amides is 1. The van der Waals surface area contributed by atoms with Crippen LogP contribution in [-0.4, -0.2) is 247 Å². The number of halogens is 1. The first-order valence-electron chi connectivity index (χ1n) is 46.5. The summed E-state index contributed by atoms with van der Waals surface area (Å²) >= 11 is 7.28. The predicted octanol–water partition coefficient (Wildman–Crippen LogP) is 4.26. The number of nitrogens with two attached hydrogens (primary N) is 1. The van der Waals surface area contributed by atoms with Crippen molar-refractivity contribution in [3.63, 3.8) is 0 Å². The van der Waals surface area contributed by atoms with Crippen LogP contribution >= 0.6 is 11.6 Å². The van der Waals surface area contributed by atoms with Crippen molar-refractivity contribution in [1.29, 1.82) is 0 Å². The molecular weight excluding hydrogens is 1930 g/mol. The molecule has 7 aliphatic heterocycles. The molecule has 145 heavy (non-hydrogen) atoms. The zero-order valence-corrected chi connectivity index (χ0v) is 80.1. The average Bonchev–Trinajstić information content (AvgIpc) is 1.55. The first-order valence-corrected chi connectivity index (χ1v) is 46.8. The van der Waals surface area contributed by atoms with E-state index < -0.39 is 285 Å². The van der Waals surface area contributed by atoms with E-state index in [1.807, 2.05) is 0 Å². The van der Waals surface area contributed by atoms with Crippen molar-refractivity contribution in [3.05, 3.63) is 185 Å². The zero-order chi connectivity index (χ0) is 104. The Morgan fingerprint density at radius 3 is 1.83 bits per heavy atom. The van der Waals surface area contributed by atoms with Gasteiger partial charge in [0.15, 0.2) is 46.9 Å². The molecule has 47 nitrogen and oxygen atoms in total.